The van der Waals surface area contributed by atoms with Crippen molar-refractivity contribution in [2.45, 2.75) is 20.0 Å². The van der Waals surface area contributed by atoms with Gasteiger partial charge >= 0.3 is 0 Å². The molecule has 35 heavy (non-hydrogen) atoms. The van der Waals surface area contributed by atoms with Crippen LogP contribution < -0.4 is 16.4 Å². The first-order valence-corrected chi connectivity index (χ1v) is 12.2. The van der Waals surface area contributed by atoms with E-state index in [1.54, 1.807) is 0 Å². The van der Waals surface area contributed by atoms with Crippen LogP contribution in [-0.4, -0.2) is 64.9 Å². The number of amides is 1. The molecule has 0 saturated carbocycles. The molecule has 8 nitrogen and oxygen atoms in total. The molecule has 3 aromatic rings. The van der Waals surface area contributed by atoms with E-state index >= 15 is 0 Å². The molecule has 4 rings (SSSR count). The second-order valence-electron chi connectivity index (χ2n) is 8.80. The molecule has 1 aliphatic rings. The lowest BCUT2D eigenvalue weighted by Gasteiger charge is -2.34. The minimum atomic E-state index is -0.371. The van der Waals surface area contributed by atoms with Crippen molar-refractivity contribution >= 4 is 29.1 Å². The fourth-order valence-electron chi connectivity index (χ4n) is 4.02. The molecular weight excluding hydrogens is 462 g/mol. The number of anilines is 2. The van der Waals surface area contributed by atoms with E-state index in [1.807, 2.05) is 37.3 Å². The zero-order valence-electron chi connectivity index (χ0n) is 20.0. The number of hydrogen-bond donors (Lipinski definition) is 3. The largest absolute Gasteiger partial charge is 0.382 e. The monoisotopic (exact) mass is 493 g/mol. The van der Waals surface area contributed by atoms with Crippen molar-refractivity contribution in [2.24, 2.45) is 0 Å². The number of hydrogen-bond acceptors (Lipinski definition) is 7. The summed E-state index contributed by atoms with van der Waals surface area (Å²) < 4.78 is 0. The SMILES string of the molecule is Cc1ccc(CNc2nc(N)c(C(=O)NCCN3CCN(Cc4ccccc4)CC3)nc2Cl)cc1. The lowest BCUT2D eigenvalue weighted by molar-refractivity contribution is 0.0930. The fourth-order valence-corrected chi connectivity index (χ4v) is 4.22. The minimum absolute atomic E-state index is 0.0450. The van der Waals surface area contributed by atoms with Crippen molar-refractivity contribution in [3.05, 3.63) is 82.1 Å². The number of nitrogens with one attached hydrogen (secondary N) is 2. The van der Waals surface area contributed by atoms with Crippen LogP contribution in [0.3, 0.4) is 0 Å². The number of halogens is 1. The molecular formula is C26H32ClN7O. The number of nitrogens with two attached hydrogens (primary N) is 1. The molecule has 2 heterocycles. The van der Waals surface area contributed by atoms with Crippen molar-refractivity contribution in [1.29, 1.82) is 0 Å². The van der Waals surface area contributed by atoms with E-state index in [9.17, 15) is 4.79 Å². The molecule has 1 amide bonds. The molecule has 1 saturated heterocycles. The summed E-state index contributed by atoms with van der Waals surface area (Å²) in [6.45, 7) is 8.76. The van der Waals surface area contributed by atoms with Gasteiger partial charge in [0.2, 0.25) is 0 Å². The van der Waals surface area contributed by atoms with Gasteiger partial charge in [0, 0.05) is 52.4 Å². The summed E-state index contributed by atoms with van der Waals surface area (Å²) in [6.07, 6.45) is 0. The highest BCUT2D eigenvalue weighted by atomic mass is 35.5. The van der Waals surface area contributed by atoms with Crippen molar-refractivity contribution in [1.82, 2.24) is 25.1 Å². The smallest absolute Gasteiger partial charge is 0.273 e. The van der Waals surface area contributed by atoms with Crippen molar-refractivity contribution in [3.8, 4) is 0 Å². The summed E-state index contributed by atoms with van der Waals surface area (Å²) in [5.41, 5.74) is 9.67. The van der Waals surface area contributed by atoms with E-state index in [0.29, 0.717) is 18.9 Å². The first-order chi connectivity index (χ1) is 17.0. The van der Waals surface area contributed by atoms with Crippen LogP contribution in [-0.2, 0) is 13.1 Å². The van der Waals surface area contributed by atoms with Crippen LogP contribution in [0.1, 0.15) is 27.2 Å². The third-order valence-electron chi connectivity index (χ3n) is 6.10. The molecule has 184 valence electrons. The highest BCUT2D eigenvalue weighted by Gasteiger charge is 2.19. The third-order valence-corrected chi connectivity index (χ3v) is 6.37. The Bertz CT molecular complexity index is 1120. The molecule has 0 spiro atoms. The Morgan fingerprint density at radius 1 is 0.971 bits per heavy atom. The van der Waals surface area contributed by atoms with Crippen LogP contribution >= 0.6 is 11.6 Å². The Hall–Kier alpha value is -3.20. The predicted molar refractivity (Wildman–Crippen MR) is 140 cm³/mol. The molecule has 4 N–H and O–H groups in total. The highest BCUT2D eigenvalue weighted by Crippen LogP contribution is 2.21. The van der Waals surface area contributed by atoms with Crippen LogP contribution in [0.2, 0.25) is 5.15 Å². The van der Waals surface area contributed by atoms with Crippen LogP contribution in [0.4, 0.5) is 11.6 Å². The van der Waals surface area contributed by atoms with Crippen molar-refractivity contribution < 1.29 is 4.79 Å². The number of aryl methyl sites for hydroxylation is 1. The van der Waals surface area contributed by atoms with Gasteiger partial charge in [-0.2, -0.15) is 0 Å². The minimum Gasteiger partial charge on any atom is -0.382 e. The number of benzene rings is 2. The van der Waals surface area contributed by atoms with E-state index in [1.165, 1.54) is 11.1 Å². The molecule has 0 unspecified atom stereocenters. The molecule has 2 aromatic carbocycles. The van der Waals surface area contributed by atoms with Crippen LogP contribution in [0.15, 0.2) is 54.6 Å². The van der Waals surface area contributed by atoms with Gasteiger partial charge < -0.3 is 16.4 Å². The first-order valence-electron chi connectivity index (χ1n) is 11.9. The Kier molecular flexibility index (Phi) is 8.52. The molecule has 1 fully saturated rings. The van der Waals surface area contributed by atoms with Gasteiger partial charge in [0.25, 0.3) is 5.91 Å². The van der Waals surface area contributed by atoms with Crippen LogP contribution in [0.5, 0.6) is 0 Å². The predicted octanol–water partition coefficient (Wildman–Crippen LogP) is 3.18. The van der Waals surface area contributed by atoms with E-state index in [4.69, 9.17) is 17.3 Å². The highest BCUT2D eigenvalue weighted by molar-refractivity contribution is 6.32. The summed E-state index contributed by atoms with van der Waals surface area (Å²) in [7, 11) is 0. The van der Waals surface area contributed by atoms with E-state index < -0.39 is 0 Å². The molecule has 0 bridgehead atoms. The second kappa shape index (κ2) is 12.0. The van der Waals surface area contributed by atoms with Gasteiger partial charge in [-0.15, -0.1) is 0 Å². The molecule has 1 aromatic heterocycles. The average molecular weight is 494 g/mol. The summed E-state index contributed by atoms with van der Waals surface area (Å²) in [4.78, 5) is 25.9. The van der Waals surface area contributed by atoms with Crippen molar-refractivity contribution in [3.63, 3.8) is 0 Å². The van der Waals surface area contributed by atoms with Crippen LogP contribution in [0.25, 0.3) is 0 Å². The Labute approximate surface area is 211 Å². The number of carbonyl (C=O) groups is 1. The number of piperazine rings is 1. The summed E-state index contributed by atoms with van der Waals surface area (Å²) >= 11 is 6.28. The summed E-state index contributed by atoms with van der Waals surface area (Å²) in [5.74, 6) is 0.0344. The molecule has 0 atom stereocenters. The summed E-state index contributed by atoms with van der Waals surface area (Å²) in [5, 5.41) is 6.14. The van der Waals surface area contributed by atoms with E-state index in [-0.39, 0.29) is 22.6 Å². The number of nitrogen functional groups attached to an aromatic ring is 1. The van der Waals surface area contributed by atoms with E-state index in [2.05, 4.69) is 54.7 Å². The van der Waals surface area contributed by atoms with Gasteiger partial charge in [-0.1, -0.05) is 71.8 Å². The number of rotatable bonds is 9. The third kappa shape index (κ3) is 7.14. The van der Waals surface area contributed by atoms with Gasteiger partial charge in [-0.3, -0.25) is 14.6 Å². The number of nitrogens with zero attached hydrogens (tertiary/aromatic N) is 4. The molecule has 1 aliphatic heterocycles. The number of carbonyl (C=O) groups excluding carboxylic acids is 1. The molecule has 0 aliphatic carbocycles. The van der Waals surface area contributed by atoms with Gasteiger partial charge in [0.1, 0.15) is 0 Å². The zero-order chi connectivity index (χ0) is 24.6. The maximum Gasteiger partial charge on any atom is 0.273 e. The van der Waals surface area contributed by atoms with Crippen LogP contribution in [0, 0.1) is 6.92 Å². The molecule has 9 heteroatoms. The molecule has 0 radical (unpaired) electrons. The van der Waals surface area contributed by atoms with E-state index in [0.717, 1.165) is 44.8 Å². The van der Waals surface area contributed by atoms with Gasteiger partial charge in [0.05, 0.1) is 0 Å². The topological polar surface area (TPSA) is 99.4 Å². The second-order valence-corrected chi connectivity index (χ2v) is 9.15. The maximum absolute atomic E-state index is 12.6. The maximum atomic E-state index is 12.6. The lowest BCUT2D eigenvalue weighted by Crippen LogP contribution is -2.48. The van der Waals surface area contributed by atoms with Gasteiger partial charge in [0.15, 0.2) is 22.5 Å². The van der Waals surface area contributed by atoms with Gasteiger partial charge in [-0.05, 0) is 18.1 Å². The standard InChI is InChI=1S/C26H32ClN7O/c1-19-7-9-20(10-8-19)17-30-25-23(27)31-22(24(28)32-25)26(35)29-11-12-33-13-15-34(16-14-33)18-21-5-3-2-4-6-21/h2-10H,11-18H2,1H3,(H,29,35)(H3,28,30,32). The first kappa shape index (κ1) is 24.9. The Morgan fingerprint density at radius 3 is 2.37 bits per heavy atom. The fraction of sp³-hybridized carbons (Fsp3) is 0.346. The van der Waals surface area contributed by atoms with Crippen molar-refractivity contribution in [2.75, 3.05) is 50.3 Å². The lowest BCUT2D eigenvalue weighted by atomic mass is 10.1. The normalized spacial score (nSPS) is 14.6. The summed E-state index contributed by atoms with van der Waals surface area (Å²) in [6, 6.07) is 18.6. The Morgan fingerprint density at radius 2 is 1.66 bits per heavy atom. The average Bonchev–Trinajstić information content (AvgIpc) is 2.87. The van der Waals surface area contributed by atoms with Gasteiger partial charge in [-0.25, -0.2) is 9.97 Å². The Balaban J connectivity index is 1.21. The zero-order valence-corrected chi connectivity index (χ0v) is 20.8. The quantitative estimate of drug-likeness (QED) is 0.421. The number of aromatic nitrogens is 2.